The average molecular weight is 344 g/mol. The van der Waals surface area contributed by atoms with Crippen LogP contribution in [0.1, 0.15) is 37.7 Å². The molecule has 2 amide bonds. The fourth-order valence-electron chi connectivity index (χ4n) is 3.70. The van der Waals surface area contributed by atoms with Crippen molar-refractivity contribution >= 4 is 23.5 Å². The lowest BCUT2D eigenvalue weighted by Crippen LogP contribution is -2.48. The number of hydrogen-bond donors (Lipinski definition) is 1. The zero-order valence-electron chi connectivity index (χ0n) is 14.5. The molecule has 0 saturated carbocycles. The number of piperidine rings is 1. The van der Waals surface area contributed by atoms with Gasteiger partial charge in [-0.05, 0) is 43.7 Å². The smallest absolute Gasteiger partial charge is 0.328 e. The molecule has 2 aliphatic heterocycles. The van der Waals surface area contributed by atoms with Crippen LogP contribution in [0.15, 0.2) is 24.3 Å². The summed E-state index contributed by atoms with van der Waals surface area (Å²) in [5, 5.41) is 2.91. The minimum absolute atomic E-state index is 0.0327. The summed E-state index contributed by atoms with van der Waals surface area (Å²) in [6, 6.07) is 7.26. The van der Waals surface area contributed by atoms with Crippen molar-refractivity contribution in [2.45, 2.75) is 44.6 Å². The number of amides is 2. The number of nitrogens with zero attached hydrogens (tertiary/aromatic N) is 1. The van der Waals surface area contributed by atoms with Crippen LogP contribution in [-0.4, -0.2) is 42.4 Å². The molecule has 0 radical (unpaired) electrons. The Labute approximate surface area is 147 Å². The topological polar surface area (TPSA) is 75.7 Å². The summed E-state index contributed by atoms with van der Waals surface area (Å²) in [6.07, 6.45) is 3.88. The Balaban J connectivity index is 1.60. The minimum Gasteiger partial charge on any atom is -0.467 e. The maximum Gasteiger partial charge on any atom is 0.328 e. The lowest BCUT2D eigenvalue weighted by Gasteiger charge is -2.34. The van der Waals surface area contributed by atoms with E-state index in [2.05, 4.69) is 5.32 Å². The fourth-order valence-corrected chi connectivity index (χ4v) is 3.70. The highest BCUT2D eigenvalue weighted by molar-refractivity contribution is 5.96. The largest absolute Gasteiger partial charge is 0.467 e. The Morgan fingerprint density at radius 3 is 2.88 bits per heavy atom. The van der Waals surface area contributed by atoms with Crippen molar-refractivity contribution in [1.29, 1.82) is 0 Å². The van der Waals surface area contributed by atoms with E-state index in [0.717, 1.165) is 24.1 Å². The molecule has 2 aliphatic rings. The van der Waals surface area contributed by atoms with Crippen molar-refractivity contribution < 1.29 is 19.1 Å². The highest BCUT2D eigenvalue weighted by Gasteiger charge is 2.33. The van der Waals surface area contributed by atoms with Gasteiger partial charge in [-0.2, -0.15) is 0 Å². The van der Waals surface area contributed by atoms with E-state index in [4.69, 9.17) is 4.74 Å². The number of esters is 1. The first-order valence-corrected chi connectivity index (χ1v) is 8.86. The van der Waals surface area contributed by atoms with Crippen molar-refractivity contribution in [2.24, 2.45) is 5.92 Å². The van der Waals surface area contributed by atoms with Gasteiger partial charge < -0.3 is 15.0 Å². The quantitative estimate of drug-likeness (QED) is 0.849. The maximum absolute atomic E-state index is 12.6. The predicted octanol–water partition coefficient (Wildman–Crippen LogP) is 2.13. The van der Waals surface area contributed by atoms with Crippen LogP contribution >= 0.6 is 0 Å². The van der Waals surface area contributed by atoms with Crippen LogP contribution in [0, 0.1) is 5.92 Å². The Morgan fingerprint density at radius 1 is 1.28 bits per heavy atom. The highest BCUT2D eigenvalue weighted by Crippen LogP contribution is 2.28. The van der Waals surface area contributed by atoms with Crippen LogP contribution in [0.25, 0.3) is 0 Å². The summed E-state index contributed by atoms with van der Waals surface area (Å²) in [5.74, 6) is -0.658. The van der Waals surface area contributed by atoms with Gasteiger partial charge in [0, 0.05) is 24.6 Å². The number of nitrogens with one attached hydrogen (secondary N) is 1. The number of anilines is 1. The molecule has 134 valence electrons. The summed E-state index contributed by atoms with van der Waals surface area (Å²) in [4.78, 5) is 38.4. The van der Waals surface area contributed by atoms with Crippen LogP contribution in [-0.2, 0) is 25.5 Å². The molecule has 2 heterocycles. The van der Waals surface area contributed by atoms with Gasteiger partial charge in [0.2, 0.25) is 11.8 Å². The van der Waals surface area contributed by atoms with Crippen molar-refractivity contribution in [2.75, 3.05) is 19.0 Å². The molecule has 1 fully saturated rings. The number of para-hydroxylation sites is 1. The molecule has 0 unspecified atom stereocenters. The fraction of sp³-hybridized carbons (Fsp3) is 0.526. The number of carbonyl (C=O) groups is 3. The molecule has 2 atom stereocenters. The van der Waals surface area contributed by atoms with Crippen LogP contribution in [0.2, 0.25) is 0 Å². The number of carbonyl (C=O) groups excluding carboxylic acids is 3. The lowest BCUT2D eigenvalue weighted by atomic mass is 9.89. The third kappa shape index (κ3) is 3.83. The molecule has 1 aromatic carbocycles. The Morgan fingerprint density at radius 2 is 2.08 bits per heavy atom. The second-order valence-electron chi connectivity index (χ2n) is 6.71. The van der Waals surface area contributed by atoms with E-state index in [1.807, 2.05) is 24.3 Å². The monoisotopic (exact) mass is 344 g/mol. The predicted molar refractivity (Wildman–Crippen MR) is 92.9 cm³/mol. The van der Waals surface area contributed by atoms with Crippen molar-refractivity contribution in [3.8, 4) is 0 Å². The molecule has 6 heteroatoms. The first kappa shape index (κ1) is 17.5. The summed E-state index contributed by atoms with van der Waals surface area (Å²) in [7, 11) is 1.35. The Bertz CT molecular complexity index is 673. The first-order valence-electron chi connectivity index (χ1n) is 8.86. The number of hydrogen-bond acceptors (Lipinski definition) is 4. The molecule has 1 aromatic rings. The van der Waals surface area contributed by atoms with Gasteiger partial charge in [-0.15, -0.1) is 0 Å². The second-order valence-corrected chi connectivity index (χ2v) is 6.71. The van der Waals surface area contributed by atoms with E-state index in [1.54, 1.807) is 4.90 Å². The molecule has 0 spiro atoms. The van der Waals surface area contributed by atoms with Gasteiger partial charge in [-0.1, -0.05) is 18.2 Å². The Kier molecular flexibility index (Phi) is 5.36. The van der Waals surface area contributed by atoms with Crippen molar-refractivity contribution in [3.63, 3.8) is 0 Å². The zero-order chi connectivity index (χ0) is 17.8. The second kappa shape index (κ2) is 7.68. The van der Waals surface area contributed by atoms with E-state index < -0.39 is 6.04 Å². The molecular weight excluding hydrogens is 320 g/mol. The number of benzene rings is 1. The number of likely N-dealkylation sites (tertiary alicyclic amines) is 1. The number of fused-ring (bicyclic) bond motifs is 1. The van der Waals surface area contributed by atoms with Gasteiger partial charge in [-0.3, -0.25) is 9.59 Å². The molecule has 1 saturated heterocycles. The highest BCUT2D eigenvalue weighted by atomic mass is 16.5. The van der Waals surface area contributed by atoms with E-state index in [-0.39, 0.29) is 30.1 Å². The molecule has 0 bridgehead atoms. The molecule has 6 nitrogen and oxygen atoms in total. The molecule has 0 aliphatic carbocycles. The molecule has 0 aromatic heterocycles. The summed E-state index contributed by atoms with van der Waals surface area (Å²) in [6.45, 7) is 0.582. The van der Waals surface area contributed by atoms with E-state index >= 15 is 0 Å². The summed E-state index contributed by atoms with van der Waals surface area (Å²) in [5.41, 5.74) is 1.96. The minimum atomic E-state index is -0.479. The third-order valence-corrected chi connectivity index (χ3v) is 5.12. The SMILES string of the molecule is COC(=O)[C@@H]1CCCCN1C(=O)CC[C@H]1Cc2ccccc2NC1=O. The molecule has 1 N–H and O–H groups in total. The molecular formula is C19H24N2O4. The number of ether oxygens (including phenoxy) is 1. The van der Waals surface area contributed by atoms with Gasteiger partial charge >= 0.3 is 5.97 Å². The van der Waals surface area contributed by atoms with E-state index in [9.17, 15) is 14.4 Å². The van der Waals surface area contributed by atoms with Crippen LogP contribution < -0.4 is 5.32 Å². The normalized spacial score (nSPS) is 22.8. The van der Waals surface area contributed by atoms with Gasteiger partial charge in [0.05, 0.1) is 7.11 Å². The van der Waals surface area contributed by atoms with Crippen molar-refractivity contribution in [3.05, 3.63) is 29.8 Å². The molecule has 3 rings (SSSR count). The number of rotatable bonds is 4. The molecule has 25 heavy (non-hydrogen) atoms. The van der Waals surface area contributed by atoms with Crippen LogP contribution in [0.4, 0.5) is 5.69 Å². The third-order valence-electron chi connectivity index (χ3n) is 5.12. The van der Waals surface area contributed by atoms with Gasteiger partial charge in [-0.25, -0.2) is 4.79 Å². The Hall–Kier alpha value is -2.37. The maximum atomic E-state index is 12.6. The number of methoxy groups -OCH3 is 1. The van der Waals surface area contributed by atoms with Gasteiger partial charge in [0.1, 0.15) is 6.04 Å². The lowest BCUT2D eigenvalue weighted by molar-refractivity contribution is -0.154. The standard InChI is InChI=1S/C19H24N2O4/c1-25-19(24)16-8-4-5-11-21(16)17(22)10-9-14-12-13-6-2-3-7-15(13)20-18(14)23/h2-3,6-7,14,16H,4-5,8-12H2,1H3,(H,20,23)/t14-,16-/m0/s1. The van der Waals surface area contributed by atoms with E-state index in [1.165, 1.54) is 7.11 Å². The summed E-state index contributed by atoms with van der Waals surface area (Å²) >= 11 is 0. The average Bonchev–Trinajstić information content (AvgIpc) is 2.65. The van der Waals surface area contributed by atoms with Gasteiger partial charge in [0.15, 0.2) is 0 Å². The first-order chi connectivity index (χ1) is 12.1. The van der Waals surface area contributed by atoms with E-state index in [0.29, 0.717) is 25.8 Å². The van der Waals surface area contributed by atoms with Gasteiger partial charge in [0.25, 0.3) is 0 Å². The summed E-state index contributed by atoms with van der Waals surface area (Å²) < 4.78 is 4.82. The zero-order valence-corrected chi connectivity index (χ0v) is 14.5. The van der Waals surface area contributed by atoms with Crippen LogP contribution in [0.5, 0.6) is 0 Å². The van der Waals surface area contributed by atoms with Crippen LogP contribution in [0.3, 0.4) is 0 Å². The van der Waals surface area contributed by atoms with Crippen molar-refractivity contribution in [1.82, 2.24) is 4.90 Å².